The second-order valence-electron chi connectivity index (χ2n) is 3.49. The number of para-hydroxylation sites is 1. The molecule has 0 atom stereocenters. The summed E-state index contributed by atoms with van der Waals surface area (Å²) in [6.45, 7) is -0.163. The SMILES string of the molecule is OCC(CO)c1ccc2ccccc2n1. The summed E-state index contributed by atoms with van der Waals surface area (Å²) in [5, 5.41) is 19.2. The number of aliphatic hydroxyl groups excluding tert-OH is 2. The predicted molar refractivity (Wildman–Crippen MR) is 58.7 cm³/mol. The number of nitrogens with zero attached hydrogens (tertiary/aromatic N) is 1. The molecule has 0 saturated carbocycles. The smallest absolute Gasteiger partial charge is 0.0705 e. The summed E-state index contributed by atoms with van der Waals surface area (Å²) >= 11 is 0. The first-order chi connectivity index (χ1) is 7.35. The van der Waals surface area contributed by atoms with Crippen molar-refractivity contribution in [3.05, 3.63) is 42.1 Å². The summed E-state index contributed by atoms with van der Waals surface area (Å²) in [6.07, 6.45) is 0. The maximum Gasteiger partial charge on any atom is 0.0705 e. The van der Waals surface area contributed by atoms with Crippen LogP contribution in [0.1, 0.15) is 11.6 Å². The first-order valence-electron chi connectivity index (χ1n) is 4.92. The molecule has 3 heteroatoms. The van der Waals surface area contributed by atoms with Crippen molar-refractivity contribution >= 4 is 10.9 Å². The molecule has 0 fully saturated rings. The zero-order chi connectivity index (χ0) is 10.7. The lowest BCUT2D eigenvalue weighted by molar-refractivity contribution is 0.190. The van der Waals surface area contributed by atoms with Crippen LogP contribution in [0.25, 0.3) is 10.9 Å². The van der Waals surface area contributed by atoms with E-state index in [1.807, 2.05) is 36.4 Å². The standard InChI is InChI=1S/C12H13NO2/c14-7-10(8-15)12-6-5-9-3-1-2-4-11(9)13-12/h1-6,10,14-15H,7-8H2. The number of aromatic nitrogens is 1. The number of benzene rings is 1. The Morgan fingerprint density at radius 2 is 1.73 bits per heavy atom. The van der Waals surface area contributed by atoms with E-state index < -0.39 is 0 Å². The molecule has 2 rings (SSSR count). The van der Waals surface area contributed by atoms with Gasteiger partial charge in [-0.15, -0.1) is 0 Å². The van der Waals surface area contributed by atoms with Crippen molar-refractivity contribution in [1.29, 1.82) is 0 Å². The summed E-state index contributed by atoms with van der Waals surface area (Å²) in [6, 6.07) is 11.6. The molecule has 15 heavy (non-hydrogen) atoms. The molecule has 78 valence electrons. The zero-order valence-corrected chi connectivity index (χ0v) is 8.30. The van der Waals surface area contributed by atoms with E-state index >= 15 is 0 Å². The molecule has 0 aliphatic rings. The second kappa shape index (κ2) is 4.38. The summed E-state index contributed by atoms with van der Waals surface area (Å²) in [5.74, 6) is -0.283. The van der Waals surface area contributed by atoms with Gasteiger partial charge < -0.3 is 10.2 Å². The lowest BCUT2D eigenvalue weighted by Gasteiger charge is -2.10. The fraction of sp³-hybridized carbons (Fsp3) is 0.250. The van der Waals surface area contributed by atoms with Gasteiger partial charge in [0.25, 0.3) is 0 Å². The molecule has 0 saturated heterocycles. The van der Waals surface area contributed by atoms with Crippen LogP contribution in [-0.4, -0.2) is 28.4 Å². The summed E-state index contributed by atoms with van der Waals surface area (Å²) in [5.41, 5.74) is 1.63. The van der Waals surface area contributed by atoms with Gasteiger partial charge in [-0.05, 0) is 12.1 Å². The van der Waals surface area contributed by atoms with Crippen LogP contribution in [-0.2, 0) is 0 Å². The fourth-order valence-electron chi connectivity index (χ4n) is 1.55. The van der Waals surface area contributed by atoms with Gasteiger partial charge in [0, 0.05) is 17.0 Å². The predicted octanol–water partition coefficient (Wildman–Crippen LogP) is 1.30. The monoisotopic (exact) mass is 203 g/mol. The van der Waals surface area contributed by atoms with E-state index in [1.54, 1.807) is 0 Å². The minimum atomic E-state index is -0.283. The number of rotatable bonds is 3. The molecule has 0 aliphatic carbocycles. The van der Waals surface area contributed by atoms with Gasteiger partial charge in [0.15, 0.2) is 0 Å². The average molecular weight is 203 g/mol. The number of aliphatic hydroxyl groups is 2. The Morgan fingerprint density at radius 3 is 2.47 bits per heavy atom. The van der Waals surface area contributed by atoms with Crippen LogP contribution in [0.5, 0.6) is 0 Å². The number of fused-ring (bicyclic) bond motifs is 1. The second-order valence-corrected chi connectivity index (χ2v) is 3.49. The van der Waals surface area contributed by atoms with Crippen molar-refractivity contribution in [1.82, 2.24) is 4.98 Å². The lowest BCUT2D eigenvalue weighted by atomic mass is 10.1. The fourth-order valence-corrected chi connectivity index (χ4v) is 1.55. The first kappa shape index (κ1) is 10.1. The van der Waals surface area contributed by atoms with Crippen molar-refractivity contribution < 1.29 is 10.2 Å². The maximum absolute atomic E-state index is 9.05. The van der Waals surface area contributed by atoms with Gasteiger partial charge in [0.2, 0.25) is 0 Å². The van der Waals surface area contributed by atoms with Gasteiger partial charge in [-0.25, -0.2) is 0 Å². The molecular weight excluding hydrogens is 190 g/mol. The van der Waals surface area contributed by atoms with Gasteiger partial charge in [-0.2, -0.15) is 0 Å². The van der Waals surface area contributed by atoms with E-state index in [0.717, 1.165) is 16.6 Å². The van der Waals surface area contributed by atoms with Gasteiger partial charge in [-0.3, -0.25) is 4.98 Å². The van der Waals surface area contributed by atoms with Crippen molar-refractivity contribution in [2.45, 2.75) is 5.92 Å². The third-order valence-electron chi connectivity index (χ3n) is 2.48. The Morgan fingerprint density at radius 1 is 1.00 bits per heavy atom. The Bertz CT molecular complexity index is 452. The molecule has 1 aromatic carbocycles. The quantitative estimate of drug-likeness (QED) is 0.790. The molecule has 2 aromatic rings. The molecule has 0 bridgehead atoms. The third kappa shape index (κ3) is 1.98. The highest BCUT2D eigenvalue weighted by Gasteiger charge is 2.10. The van der Waals surface area contributed by atoms with E-state index in [4.69, 9.17) is 10.2 Å². The molecule has 0 unspecified atom stereocenters. The van der Waals surface area contributed by atoms with E-state index in [9.17, 15) is 0 Å². The van der Waals surface area contributed by atoms with Crippen LogP contribution in [0.3, 0.4) is 0 Å². The van der Waals surface area contributed by atoms with Crippen molar-refractivity contribution in [3.63, 3.8) is 0 Å². The Balaban J connectivity index is 2.46. The Kier molecular flexibility index (Phi) is 2.94. The van der Waals surface area contributed by atoms with Crippen molar-refractivity contribution in [2.75, 3.05) is 13.2 Å². The van der Waals surface area contributed by atoms with Crippen LogP contribution >= 0.6 is 0 Å². The molecule has 3 nitrogen and oxygen atoms in total. The summed E-state index contributed by atoms with van der Waals surface area (Å²) < 4.78 is 0. The molecule has 1 aromatic heterocycles. The van der Waals surface area contributed by atoms with Gasteiger partial charge in [-0.1, -0.05) is 24.3 Å². The lowest BCUT2D eigenvalue weighted by Crippen LogP contribution is -2.10. The van der Waals surface area contributed by atoms with Crippen molar-refractivity contribution in [2.24, 2.45) is 0 Å². The van der Waals surface area contributed by atoms with E-state index in [-0.39, 0.29) is 19.1 Å². The maximum atomic E-state index is 9.05. The molecule has 0 aliphatic heterocycles. The van der Waals surface area contributed by atoms with Crippen molar-refractivity contribution in [3.8, 4) is 0 Å². The molecule has 0 amide bonds. The number of hydrogen-bond acceptors (Lipinski definition) is 3. The number of pyridine rings is 1. The Hall–Kier alpha value is -1.45. The largest absolute Gasteiger partial charge is 0.396 e. The van der Waals surface area contributed by atoms with Crippen LogP contribution in [0.2, 0.25) is 0 Å². The molecule has 0 spiro atoms. The highest BCUT2D eigenvalue weighted by atomic mass is 16.3. The van der Waals surface area contributed by atoms with Crippen LogP contribution in [0, 0.1) is 0 Å². The Labute approximate surface area is 88.0 Å². The summed E-state index contributed by atoms with van der Waals surface area (Å²) in [4.78, 5) is 4.40. The van der Waals surface area contributed by atoms with E-state index in [1.165, 1.54) is 0 Å². The number of hydrogen-bond donors (Lipinski definition) is 2. The minimum Gasteiger partial charge on any atom is -0.396 e. The molecule has 1 heterocycles. The van der Waals surface area contributed by atoms with Gasteiger partial charge in [0.1, 0.15) is 0 Å². The van der Waals surface area contributed by atoms with Crippen LogP contribution in [0.4, 0.5) is 0 Å². The molecule has 0 radical (unpaired) electrons. The minimum absolute atomic E-state index is 0.0815. The average Bonchev–Trinajstić information content (AvgIpc) is 2.30. The highest BCUT2D eigenvalue weighted by Crippen LogP contribution is 2.17. The van der Waals surface area contributed by atoms with E-state index in [0.29, 0.717) is 0 Å². The normalized spacial score (nSPS) is 11.1. The highest BCUT2D eigenvalue weighted by molar-refractivity contribution is 5.78. The zero-order valence-electron chi connectivity index (χ0n) is 8.30. The molecule has 2 N–H and O–H groups in total. The van der Waals surface area contributed by atoms with Gasteiger partial charge in [0.05, 0.1) is 18.7 Å². The van der Waals surface area contributed by atoms with Gasteiger partial charge >= 0.3 is 0 Å². The third-order valence-corrected chi connectivity index (χ3v) is 2.48. The van der Waals surface area contributed by atoms with E-state index in [2.05, 4.69) is 4.98 Å². The summed E-state index contributed by atoms with van der Waals surface area (Å²) in [7, 11) is 0. The molecular formula is C12H13NO2. The topological polar surface area (TPSA) is 53.4 Å². The van der Waals surface area contributed by atoms with Crippen LogP contribution in [0.15, 0.2) is 36.4 Å². The van der Waals surface area contributed by atoms with Crippen LogP contribution < -0.4 is 0 Å². The first-order valence-corrected chi connectivity index (χ1v) is 4.92.